The van der Waals surface area contributed by atoms with Gasteiger partial charge in [0.05, 0.1) is 0 Å². The van der Waals surface area contributed by atoms with E-state index < -0.39 is 0 Å². The molecule has 0 unspecified atom stereocenters. The predicted octanol–water partition coefficient (Wildman–Crippen LogP) is -0.607. The van der Waals surface area contributed by atoms with Gasteiger partial charge in [-0.3, -0.25) is 0 Å². The molecule has 0 heterocycles. The van der Waals surface area contributed by atoms with Crippen LogP contribution in [-0.2, 0) is 20.0 Å². The quantitative estimate of drug-likeness (QED) is 0.411. The Hall–Kier alpha value is 0.566. The van der Waals surface area contributed by atoms with E-state index in [4.69, 9.17) is 0 Å². The van der Waals surface area contributed by atoms with Gasteiger partial charge in [0.25, 0.3) is 0 Å². The molecule has 0 atom stereocenters. The normalized spacial score (nSPS) is 6.25. The van der Waals surface area contributed by atoms with E-state index in [0.29, 0.717) is 0 Å². The van der Waals surface area contributed by atoms with E-state index in [-0.39, 0.29) is 0 Å². The van der Waals surface area contributed by atoms with Gasteiger partial charge >= 0.3 is 35.6 Å². The van der Waals surface area contributed by atoms with Crippen molar-refractivity contribution in [2.45, 2.75) is 0 Å². The van der Waals surface area contributed by atoms with Crippen LogP contribution in [0.2, 0.25) is 0 Å². The molecule has 3 heteroatoms. The summed E-state index contributed by atoms with van der Waals surface area (Å²) in [6, 6.07) is 0. The van der Waals surface area contributed by atoms with Crippen LogP contribution in [0.25, 0.3) is 0 Å². The van der Waals surface area contributed by atoms with Gasteiger partial charge in [-0.2, -0.15) is 0 Å². The minimum absolute atomic E-state index is 1.35. The molecule has 0 aromatic carbocycles. The molecule has 0 aromatic heterocycles. The summed E-state index contributed by atoms with van der Waals surface area (Å²) in [4.78, 5) is 0. The van der Waals surface area contributed by atoms with Gasteiger partial charge in [0.2, 0.25) is 0 Å². The van der Waals surface area contributed by atoms with Crippen molar-refractivity contribution in [3.63, 3.8) is 0 Å². The van der Waals surface area contributed by atoms with Gasteiger partial charge in [-0.05, 0) is 0 Å². The summed E-state index contributed by atoms with van der Waals surface area (Å²) in [5.41, 5.74) is 0. The second-order valence-corrected chi connectivity index (χ2v) is 0.721. The van der Waals surface area contributed by atoms with E-state index in [9.17, 15) is 0 Å². The molecule has 0 aliphatic rings. The standard InChI is InChI=1S/CHOSi.Mn/c1-2-3;/h1H;. The van der Waals surface area contributed by atoms with Gasteiger partial charge in [-0.25, -0.2) is 0 Å². The van der Waals surface area contributed by atoms with Crippen LogP contribution < -0.4 is 0 Å². The predicted molar refractivity (Wildman–Crippen MR) is 12.9 cm³/mol. The third kappa shape index (κ3) is 2.57. The Balaban J connectivity index is 2.30. The maximum atomic E-state index is 4.14. The molecular weight excluding hydrogens is 111 g/mol. The van der Waals surface area contributed by atoms with Crippen LogP contribution in [0, 0.1) is 0 Å². The SMILES string of the molecule is [Si]O[CH]=[Mn]. The molecule has 0 aliphatic heterocycles. The van der Waals surface area contributed by atoms with Crippen LogP contribution in [0.5, 0.6) is 0 Å². The van der Waals surface area contributed by atoms with Crippen molar-refractivity contribution in [1.82, 2.24) is 0 Å². The van der Waals surface area contributed by atoms with Crippen molar-refractivity contribution >= 4 is 15.6 Å². The Bertz CT molecular complexity index is 22.0. The molecule has 0 amide bonds. The summed E-state index contributed by atoms with van der Waals surface area (Å²) in [5.74, 6) is 0. The van der Waals surface area contributed by atoms with E-state index in [0.717, 1.165) is 0 Å². The molecule has 0 N–H and O–H groups in total. The molecule has 22 valence electrons. The van der Waals surface area contributed by atoms with Crippen LogP contribution in [0.1, 0.15) is 0 Å². The van der Waals surface area contributed by atoms with Crippen molar-refractivity contribution in [3.8, 4) is 0 Å². The van der Waals surface area contributed by atoms with Crippen LogP contribution in [-0.4, -0.2) is 15.6 Å². The topological polar surface area (TPSA) is 9.23 Å². The van der Waals surface area contributed by atoms with E-state index in [2.05, 4.69) is 30.5 Å². The summed E-state index contributed by atoms with van der Waals surface area (Å²) in [5, 5.41) is 1.35. The van der Waals surface area contributed by atoms with Gasteiger partial charge in [-0.1, -0.05) is 0 Å². The van der Waals surface area contributed by atoms with Gasteiger partial charge in [0, 0.05) is 0 Å². The van der Waals surface area contributed by atoms with Crippen LogP contribution in [0.3, 0.4) is 0 Å². The molecule has 0 fully saturated rings. The Morgan fingerprint density at radius 2 is 2.25 bits per heavy atom. The second-order valence-electron chi connectivity index (χ2n) is 0.207. The second kappa shape index (κ2) is 3.57. The third-order valence-corrected chi connectivity index (χ3v) is 0.551. The van der Waals surface area contributed by atoms with Crippen LogP contribution in [0.4, 0.5) is 0 Å². The van der Waals surface area contributed by atoms with Gasteiger partial charge < -0.3 is 0 Å². The molecule has 0 bridgehead atoms. The molecule has 0 saturated carbocycles. The van der Waals surface area contributed by atoms with E-state index >= 15 is 0 Å². The Morgan fingerprint density at radius 3 is 2.25 bits per heavy atom. The summed E-state index contributed by atoms with van der Waals surface area (Å²) in [6.45, 7) is 0. The molecular formula is CHMnOSi. The van der Waals surface area contributed by atoms with Gasteiger partial charge in [0.1, 0.15) is 0 Å². The van der Waals surface area contributed by atoms with E-state index in [1.54, 1.807) is 0 Å². The van der Waals surface area contributed by atoms with E-state index in [1.807, 2.05) is 0 Å². The zero-order chi connectivity index (χ0) is 3.41. The van der Waals surface area contributed by atoms with Crippen molar-refractivity contribution in [2.24, 2.45) is 0 Å². The fourth-order valence-corrected chi connectivity index (χ4v) is 0. The number of rotatable bonds is 1. The summed E-state index contributed by atoms with van der Waals surface area (Å²) in [7, 11) is 2.69. The number of hydrogen-bond acceptors (Lipinski definition) is 1. The zero-order valence-corrected chi connectivity index (χ0v) is 4.04. The Labute approximate surface area is 36.2 Å². The third-order valence-electron chi connectivity index (χ3n) is 0.0445. The Kier molecular flexibility index (Phi) is 4.07. The average molecular weight is 112 g/mol. The fourth-order valence-electron chi connectivity index (χ4n) is 0. The van der Waals surface area contributed by atoms with Crippen molar-refractivity contribution in [3.05, 3.63) is 0 Å². The first-order valence-corrected chi connectivity index (χ1v) is 1.75. The summed E-state index contributed by atoms with van der Waals surface area (Å²) < 4.78 is 4.14. The Morgan fingerprint density at radius 1 is 2.00 bits per heavy atom. The first kappa shape index (κ1) is 4.57. The molecule has 0 aliphatic carbocycles. The van der Waals surface area contributed by atoms with Crippen LogP contribution >= 0.6 is 0 Å². The first-order valence-electron chi connectivity index (χ1n) is 0.658. The summed E-state index contributed by atoms with van der Waals surface area (Å²) in [6.07, 6.45) is 0. The molecule has 1 nitrogen and oxygen atoms in total. The summed E-state index contributed by atoms with van der Waals surface area (Å²) >= 11 is 2.85. The molecule has 4 heavy (non-hydrogen) atoms. The fraction of sp³-hybridized carbons (Fsp3) is 0. The average Bonchev–Trinajstić information content (AvgIpc) is 1.37. The van der Waals surface area contributed by atoms with Crippen molar-refractivity contribution < 1.29 is 20.0 Å². The maximum absolute atomic E-state index is 4.14. The molecule has 0 saturated heterocycles. The molecule has 0 spiro atoms. The molecule has 0 aromatic rings. The zero-order valence-electron chi connectivity index (χ0n) is 1.86. The van der Waals surface area contributed by atoms with E-state index in [1.165, 1.54) is 5.11 Å². The molecule has 3 radical (unpaired) electrons. The molecule has 0 rings (SSSR count). The van der Waals surface area contributed by atoms with Crippen molar-refractivity contribution in [1.29, 1.82) is 0 Å². The van der Waals surface area contributed by atoms with Crippen LogP contribution in [0.15, 0.2) is 0 Å². The first-order chi connectivity index (χ1) is 1.91. The monoisotopic (exact) mass is 112 g/mol. The van der Waals surface area contributed by atoms with Gasteiger partial charge in [0.15, 0.2) is 0 Å². The van der Waals surface area contributed by atoms with Crippen molar-refractivity contribution in [2.75, 3.05) is 0 Å². The van der Waals surface area contributed by atoms with Gasteiger partial charge in [-0.15, -0.1) is 0 Å². The number of hydrogen-bond donors (Lipinski definition) is 0. The minimum atomic E-state index is 1.35.